The number of carboxylic acid groups (broad SMARTS) is 1. The van der Waals surface area contributed by atoms with Gasteiger partial charge in [0.25, 0.3) is 0 Å². The molecule has 1 N–H and O–H groups in total. The zero-order valence-electron chi connectivity index (χ0n) is 12.0. The Kier molecular flexibility index (Phi) is 3.95. The zero-order valence-corrected chi connectivity index (χ0v) is 12.0. The van der Waals surface area contributed by atoms with E-state index in [2.05, 4.69) is 43.0 Å². The van der Waals surface area contributed by atoms with Crippen LogP contribution in [-0.4, -0.2) is 29.1 Å². The third-order valence-corrected chi connectivity index (χ3v) is 4.28. The van der Waals surface area contributed by atoms with Crippen molar-refractivity contribution in [2.45, 2.75) is 45.1 Å². The summed E-state index contributed by atoms with van der Waals surface area (Å²) >= 11 is 0. The first-order valence-electron chi connectivity index (χ1n) is 7.01. The molecule has 0 aromatic heterocycles. The summed E-state index contributed by atoms with van der Waals surface area (Å²) in [6.45, 7) is 7.47. The minimum absolute atomic E-state index is 0.121. The van der Waals surface area contributed by atoms with Gasteiger partial charge in [-0.1, -0.05) is 45.0 Å². The van der Waals surface area contributed by atoms with Gasteiger partial charge in [0.2, 0.25) is 0 Å². The molecule has 0 saturated carbocycles. The highest BCUT2D eigenvalue weighted by atomic mass is 16.4. The molecule has 3 nitrogen and oxygen atoms in total. The van der Waals surface area contributed by atoms with Crippen LogP contribution in [0.4, 0.5) is 0 Å². The maximum Gasteiger partial charge on any atom is 0.317 e. The smallest absolute Gasteiger partial charge is 0.317 e. The van der Waals surface area contributed by atoms with Crippen LogP contribution in [0.1, 0.15) is 50.8 Å². The van der Waals surface area contributed by atoms with Gasteiger partial charge in [-0.2, -0.15) is 0 Å². The van der Waals surface area contributed by atoms with E-state index in [-0.39, 0.29) is 18.0 Å². The first kappa shape index (κ1) is 14.1. The quantitative estimate of drug-likeness (QED) is 0.904. The summed E-state index contributed by atoms with van der Waals surface area (Å²) in [5.74, 6) is -0.746. The van der Waals surface area contributed by atoms with E-state index in [1.165, 1.54) is 11.1 Å². The van der Waals surface area contributed by atoms with Crippen molar-refractivity contribution >= 4 is 5.97 Å². The summed E-state index contributed by atoms with van der Waals surface area (Å²) in [5.41, 5.74) is 2.87. The number of hydrogen-bond acceptors (Lipinski definition) is 2. The fraction of sp³-hybridized carbons (Fsp3) is 0.562. The first-order valence-corrected chi connectivity index (χ1v) is 7.01. The first-order chi connectivity index (χ1) is 8.95. The van der Waals surface area contributed by atoms with Crippen LogP contribution in [0.25, 0.3) is 0 Å². The number of nitrogens with zero attached hydrogens (tertiary/aromatic N) is 1. The molecule has 0 fully saturated rings. The second-order valence-electron chi connectivity index (χ2n) is 5.98. The van der Waals surface area contributed by atoms with Gasteiger partial charge in [-0.3, -0.25) is 9.69 Å². The monoisotopic (exact) mass is 261 g/mol. The molecule has 0 amide bonds. The number of carboxylic acids is 1. The SMILES string of the molecule is CCN(CC(=O)O)C1CCC(C)(C)c2ccccc21. The minimum Gasteiger partial charge on any atom is -0.480 e. The van der Waals surface area contributed by atoms with Crippen molar-refractivity contribution in [1.29, 1.82) is 0 Å². The molecular formula is C16H23NO2. The van der Waals surface area contributed by atoms with Crippen LogP contribution in [0.15, 0.2) is 24.3 Å². The molecule has 0 aliphatic heterocycles. The number of aliphatic carboxylic acids is 1. The molecule has 0 spiro atoms. The Morgan fingerprint density at radius 2 is 2.11 bits per heavy atom. The molecule has 104 valence electrons. The third kappa shape index (κ3) is 2.81. The number of benzene rings is 1. The molecule has 1 aliphatic carbocycles. The molecule has 0 saturated heterocycles. The Morgan fingerprint density at radius 1 is 1.42 bits per heavy atom. The van der Waals surface area contributed by atoms with E-state index in [0.717, 1.165) is 19.4 Å². The van der Waals surface area contributed by atoms with Crippen LogP contribution < -0.4 is 0 Å². The lowest BCUT2D eigenvalue weighted by molar-refractivity contribution is -0.139. The Morgan fingerprint density at radius 3 is 2.74 bits per heavy atom. The predicted octanol–water partition coefficient (Wildman–Crippen LogP) is 3.21. The summed E-state index contributed by atoms with van der Waals surface area (Å²) in [7, 11) is 0. The lowest BCUT2D eigenvalue weighted by Crippen LogP contribution is -2.38. The van der Waals surface area contributed by atoms with Gasteiger partial charge in [0.1, 0.15) is 0 Å². The van der Waals surface area contributed by atoms with Crippen molar-refractivity contribution in [3.05, 3.63) is 35.4 Å². The van der Waals surface area contributed by atoms with Crippen molar-refractivity contribution in [2.75, 3.05) is 13.1 Å². The lowest BCUT2D eigenvalue weighted by Gasteiger charge is -2.41. The van der Waals surface area contributed by atoms with Crippen molar-refractivity contribution in [3.63, 3.8) is 0 Å². The summed E-state index contributed by atoms with van der Waals surface area (Å²) in [6.07, 6.45) is 2.13. The molecule has 3 heteroatoms. The molecule has 1 unspecified atom stereocenters. The summed E-state index contributed by atoms with van der Waals surface area (Å²) in [5, 5.41) is 9.05. The van der Waals surface area contributed by atoms with Crippen molar-refractivity contribution < 1.29 is 9.90 Å². The van der Waals surface area contributed by atoms with Gasteiger partial charge in [-0.05, 0) is 35.9 Å². The lowest BCUT2D eigenvalue weighted by atomic mass is 9.70. The van der Waals surface area contributed by atoms with Gasteiger partial charge >= 0.3 is 5.97 Å². The molecule has 0 bridgehead atoms. The van der Waals surface area contributed by atoms with E-state index >= 15 is 0 Å². The largest absolute Gasteiger partial charge is 0.480 e. The van der Waals surface area contributed by atoms with Crippen LogP contribution in [0, 0.1) is 0 Å². The maximum absolute atomic E-state index is 11.0. The van der Waals surface area contributed by atoms with Gasteiger partial charge in [-0.25, -0.2) is 0 Å². The Labute approximate surface area is 115 Å². The van der Waals surface area contributed by atoms with E-state index in [9.17, 15) is 4.79 Å². The van der Waals surface area contributed by atoms with E-state index < -0.39 is 5.97 Å². The normalized spacial score (nSPS) is 21.2. The van der Waals surface area contributed by atoms with Gasteiger partial charge in [0, 0.05) is 6.04 Å². The fourth-order valence-electron chi connectivity index (χ4n) is 3.19. The second-order valence-corrected chi connectivity index (χ2v) is 5.98. The number of hydrogen-bond donors (Lipinski definition) is 1. The highest BCUT2D eigenvalue weighted by molar-refractivity contribution is 5.69. The van der Waals surface area contributed by atoms with Gasteiger partial charge in [0.05, 0.1) is 6.54 Å². The Hall–Kier alpha value is -1.35. The standard InChI is InChI=1S/C16H23NO2/c1-4-17(11-15(18)19)14-9-10-16(2,3)13-8-6-5-7-12(13)14/h5-8,14H,4,9-11H2,1-3H3,(H,18,19). The molecule has 1 atom stereocenters. The number of rotatable bonds is 4. The molecule has 0 heterocycles. The highest BCUT2D eigenvalue weighted by Crippen LogP contribution is 2.43. The Bertz CT molecular complexity index is 468. The van der Waals surface area contributed by atoms with Crippen molar-refractivity contribution in [1.82, 2.24) is 4.90 Å². The van der Waals surface area contributed by atoms with E-state index in [0.29, 0.717) is 0 Å². The molecule has 19 heavy (non-hydrogen) atoms. The van der Waals surface area contributed by atoms with Gasteiger partial charge < -0.3 is 5.11 Å². The van der Waals surface area contributed by atoms with Crippen LogP contribution in [0.2, 0.25) is 0 Å². The summed E-state index contributed by atoms with van der Waals surface area (Å²) in [4.78, 5) is 13.1. The van der Waals surface area contributed by atoms with Crippen molar-refractivity contribution in [2.24, 2.45) is 0 Å². The van der Waals surface area contributed by atoms with Crippen LogP contribution in [0.5, 0.6) is 0 Å². The summed E-state index contributed by atoms with van der Waals surface area (Å²) < 4.78 is 0. The number of fused-ring (bicyclic) bond motifs is 1. The van der Waals surface area contributed by atoms with E-state index in [1.807, 2.05) is 6.92 Å². The zero-order chi connectivity index (χ0) is 14.0. The Balaban J connectivity index is 2.36. The fourth-order valence-corrected chi connectivity index (χ4v) is 3.19. The topological polar surface area (TPSA) is 40.5 Å². The van der Waals surface area contributed by atoms with Crippen LogP contribution in [0.3, 0.4) is 0 Å². The highest BCUT2D eigenvalue weighted by Gasteiger charge is 2.34. The summed E-state index contributed by atoms with van der Waals surface area (Å²) in [6, 6.07) is 8.73. The predicted molar refractivity (Wildman–Crippen MR) is 76.3 cm³/mol. The average Bonchev–Trinajstić information content (AvgIpc) is 2.37. The minimum atomic E-state index is -0.746. The number of likely N-dealkylation sites (N-methyl/N-ethyl adjacent to an activating group) is 1. The van der Waals surface area contributed by atoms with Crippen LogP contribution in [-0.2, 0) is 10.2 Å². The van der Waals surface area contributed by atoms with Crippen LogP contribution >= 0.6 is 0 Å². The second kappa shape index (κ2) is 5.33. The van der Waals surface area contributed by atoms with E-state index in [4.69, 9.17) is 5.11 Å². The average molecular weight is 261 g/mol. The molecule has 1 aliphatic rings. The third-order valence-electron chi connectivity index (χ3n) is 4.28. The van der Waals surface area contributed by atoms with Crippen molar-refractivity contribution in [3.8, 4) is 0 Å². The molecule has 2 rings (SSSR count). The van der Waals surface area contributed by atoms with E-state index in [1.54, 1.807) is 0 Å². The van der Waals surface area contributed by atoms with Gasteiger partial charge in [0.15, 0.2) is 0 Å². The molecule has 1 aromatic carbocycles. The maximum atomic E-state index is 11.0. The molecular weight excluding hydrogens is 238 g/mol. The number of carbonyl (C=O) groups is 1. The molecule has 0 radical (unpaired) electrons. The van der Waals surface area contributed by atoms with Gasteiger partial charge in [-0.15, -0.1) is 0 Å². The molecule has 1 aromatic rings.